The Morgan fingerprint density at radius 3 is 2.09 bits per heavy atom. The third-order valence-corrected chi connectivity index (χ3v) is 6.30. The van der Waals surface area contributed by atoms with E-state index in [1.54, 1.807) is 0 Å². The van der Waals surface area contributed by atoms with Gasteiger partial charge in [-0.05, 0) is 62.0 Å². The Morgan fingerprint density at radius 1 is 0.879 bits per heavy atom. The van der Waals surface area contributed by atoms with Gasteiger partial charge in [0.15, 0.2) is 0 Å². The van der Waals surface area contributed by atoms with Gasteiger partial charge in [0.1, 0.15) is 5.54 Å². The zero-order chi connectivity index (χ0) is 23.5. The normalized spacial score (nSPS) is 14.1. The van der Waals surface area contributed by atoms with Gasteiger partial charge in [0.2, 0.25) is 5.91 Å². The first-order valence-electron chi connectivity index (χ1n) is 12.3. The predicted octanol–water partition coefficient (Wildman–Crippen LogP) is 5.03. The monoisotopic (exact) mass is 450 g/mol. The van der Waals surface area contributed by atoms with Gasteiger partial charge in [-0.25, -0.2) is 4.79 Å². The summed E-state index contributed by atoms with van der Waals surface area (Å²) in [5, 5.41) is 9.03. The number of likely N-dealkylation sites (tertiary alicyclic amines) is 1. The second-order valence-electron chi connectivity index (χ2n) is 8.91. The molecule has 3 N–H and O–H groups in total. The molecule has 3 rings (SSSR count). The number of carbonyl (C=O) groups excluding carboxylic acids is 2. The molecule has 6 nitrogen and oxygen atoms in total. The highest BCUT2D eigenvalue weighted by Crippen LogP contribution is 2.23. The van der Waals surface area contributed by atoms with Crippen LogP contribution >= 0.6 is 0 Å². The van der Waals surface area contributed by atoms with Crippen molar-refractivity contribution < 1.29 is 9.59 Å². The number of carbonyl (C=O) groups is 2. The highest BCUT2D eigenvalue weighted by Gasteiger charge is 2.38. The number of hydrogen-bond donors (Lipinski definition) is 3. The lowest BCUT2D eigenvalue weighted by atomic mass is 9.87. The standard InChI is InChI=1S/C27H38N4O2/c1-3-16-27(17-4-2,25(32)28-18-21-31-19-8-9-20-31)30-26(33)29-24-14-12-23(13-15-24)22-10-6-5-7-11-22/h5-7,10-15H,3-4,8-9,16-21H2,1-2H3,(H,28,32)(H2,29,30,33). The summed E-state index contributed by atoms with van der Waals surface area (Å²) in [7, 11) is 0. The second kappa shape index (κ2) is 12.4. The van der Waals surface area contributed by atoms with Crippen molar-refractivity contribution in [2.75, 3.05) is 31.5 Å². The lowest BCUT2D eigenvalue weighted by molar-refractivity contribution is -0.128. The third kappa shape index (κ3) is 7.06. The average Bonchev–Trinajstić information content (AvgIpc) is 3.34. The van der Waals surface area contributed by atoms with Crippen molar-refractivity contribution >= 4 is 17.6 Å². The summed E-state index contributed by atoms with van der Waals surface area (Å²) in [5.41, 5.74) is 2.01. The van der Waals surface area contributed by atoms with Crippen LogP contribution in [0.15, 0.2) is 54.6 Å². The third-order valence-electron chi connectivity index (χ3n) is 6.30. The summed E-state index contributed by atoms with van der Waals surface area (Å²) in [5.74, 6) is -0.0834. The zero-order valence-corrected chi connectivity index (χ0v) is 20.0. The Labute approximate surface area is 198 Å². The maximum atomic E-state index is 13.2. The number of hydrogen-bond acceptors (Lipinski definition) is 3. The van der Waals surface area contributed by atoms with Gasteiger partial charge in [-0.1, -0.05) is 69.2 Å². The van der Waals surface area contributed by atoms with Crippen LogP contribution in [-0.2, 0) is 4.79 Å². The number of nitrogens with zero attached hydrogens (tertiary/aromatic N) is 1. The van der Waals surface area contributed by atoms with Crippen LogP contribution in [0, 0.1) is 0 Å². The molecule has 0 unspecified atom stereocenters. The molecule has 2 aromatic rings. The molecule has 0 aromatic heterocycles. The molecular formula is C27H38N4O2. The summed E-state index contributed by atoms with van der Waals surface area (Å²) < 4.78 is 0. The Balaban J connectivity index is 1.61. The molecular weight excluding hydrogens is 412 g/mol. The molecule has 1 aliphatic rings. The van der Waals surface area contributed by atoms with Crippen molar-refractivity contribution in [3.05, 3.63) is 54.6 Å². The molecule has 33 heavy (non-hydrogen) atoms. The van der Waals surface area contributed by atoms with Crippen molar-refractivity contribution in [2.45, 2.75) is 57.9 Å². The van der Waals surface area contributed by atoms with E-state index in [1.807, 2.05) is 56.3 Å². The van der Waals surface area contributed by atoms with E-state index in [4.69, 9.17) is 0 Å². The van der Waals surface area contributed by atoms with Crippen LogP contribution in [-0.4, -0.2) is 48.6 Å². The maximum Gasteiger partial charge on any atom is 0.320 e. The fourth-order valence-corrected chi connectivity index (χ4v) is 4.65. The van der Waals surface area contributed by atoms with E-state index < -0.39 is 5.54 Å². The number of benzene rings is 2. The number of urea groups is 1. The number of rotatable bonds is 11. The van der Waals surface area contributed by atoms with E-state index in [9.17, 15) is 9.59 Å². The van der Waals surface area contributed by atoms with Crippen molar-refractivity contribution in [2.24, 2.45) is 0 Å². The molecule has 0 aliphatic carbocycles. The van der Waals surface area contributed by atoms with Crippen LogP contribution in [0.5, 0.6) is 0 Å². The summed E-state index contributed by atoms with van der Waals surface area (Å²) in [4.78, 5) is 28.5. The number of anilines is 1. The van der Waals surface area contributed by atoms with E-state index >= 15 is 0 Å². The summed E-state index contributed by atoms with van der Waals surface area (Å²) in [6, 6.07) is 17.5. The average molecular weight is 451 g/mol. The highest BCUT2D eigenvalue weighted by atomic mass is 16.2. The van der Waals surface area contributed by atoms with Crippen molar-refractivity contribution in [3.8, 4) is 11.1 Å². The van der Waals surface area contributed by atoms with Gasteiger partial charge in [0.25, 0.3) is 0 Å². The van der Waals surface area contributed by atoms with Crippen LogP contribution < -0.4 is 16.0 Å². The summed E-state index contributed by atoms with van der Waals surface area (Å²) in [6.45, 7) is 7.77. The lowest BCUT2D eigenvalue weighted by Crippen LogP contribution is -2.60. The largest absolute Gasteiger partial charge is 0.353 e. The Hall–Kier alpha value is -2.86. The summed E-state index contributed by atoms with van der Waals surface area (Å²) >= 11 is 0. The Kier molecular flexibility index (Phi) is 9.31. The van der Waals surface area contributed by atoms with Crippen LogP contribution in [0.25, 0.3) is 11.1 Å². The number of nitrogens with one attached hydrogen (secondary N) is 3. The molecule has 1 aliphatic heterocycles. The molecule has 0 spiro atoms. The Bertz CT molecular complexity index is 871. The van der Waals surface area contributed by atoms with Gasteiger partial charge in [0, 0.05) is 18.8 Å². The number of amides is 3. The van der Waals surface area contributed by atoms with Crippen LogP contribution in [0.3, 0.4) is 0 Å². The highest BCUT2D eigenvalue weighted by molar-refractivity contribution is 5.96. The van der Waals surface area contributed by atoms with E-state index in [1.165, 1.54) is 12.8 Å². The molecule has 6 heteroatoms. The first-order valence-corrected chi connectivity index (χ1v) is 12.3. The van der Waals surface area contributed by atoms with E-state index in [-0.39, 0.29) is 11.9 Å². The van der Waals surface area contributed by atoms with Gasteiger partial charge >= 0.3 is 6.03 Å². The van der Waals surface area contributed by atoms with E-state index in [0.29, 0.717) is 25.1 Å². The maximum absolute atomic E-state index is 13.2. The van der Waals surface area contributed by atoms with E-state index in [2.05, 4.69) is 33.0 Å². The molecule has 1 heterocycles. The Morgan fingerprint density at radius 2 is 1.48 bits per heavy atom. The molecule has 3 amide bonds. The smallest absolute Gasteiger partial charge is 0.320 e. The van der Waals surface area contributed by atoms with Crippen LogP contribution in [0.4, 0.5) is 10.5 Å². The first kappa shape index (κ1) is 24.8. The molecule has 0 saturated carbocycles. The van der Waals surface area contributed by atoms with Gasteiger partial charge in [-0.3, -0.25) is 4.79 Å². The fourth-order valence-electron chi connectivity index (χ4n) is 4.65. The van der Waals surface area contributed by atoms with Crippen molar-refractivity contribution in [1.29, 1.82) is 0 Å². The minimum Gasteiger partial charge on any atom is -0.353 e. The predicted molar refractivity (Wildman–Crippen MR) is 135 cm³/mol. The van der Waals surface area contributed by atoms with Gasteiger partial charge in [-0.2, -0.15) is 0 Å². The second-order valence-corrected chi connectivity index (χ2v) is 8.91. The lowest BCUT2D eigenvalue weighted by Gasteiger charge is -2.33. The molecule has 1 fully saturated rings. The minimum atomic E-state index is -0.900. The molecule has 178 valence electrons. The fraction of sp³-hybridized carbons (Fsp3) is 0.481. The van der Waals surface area contributed by atoms with Crippen molar-refractivity contribution in [1.82, 2.24) is 15.5 Å². The van der Waals surface area contributed by atoms with Gasteiger partial charge in [-0.15, -0.1) is 0 Å². The SMILES string of the molecule is CCCC(CCC)(NC(=O)Nc1ccc(-c2ccccc2)cc1)C(=O)NCCN1CCCC1. The molecule has 0 atom stereocenters. The van der Waals surface area contributed by atoms with E-state index in [0.717, 1.165) is 43.6 Å². The van der Waals surface area contributed by atoms with Crippen LogP contribution in [0.2, 0.25) is 0 Å². The van der Waals surface area contributed by atoms with Gasteiger partial charge < -0.3 is 20.9 Å². The van der Waals surface area contributed by atoms with Crippen molar-refractivity contribution in [3.63, 3.8) is 0 Å². The minimum absolute atomic E-state index is 0.0834. The quantitative estimate of drug-likeness (QED) is 0.450. The van der Waals surface area contributed by atoms with Crippen LogP contribution in [0.1, 0.15) is 52.4 Å². The molecule has 0 bridgehead atoms. The molecule has 0 radical (unpaired) electrons. The zero-order valence-electron chi connectivity index (χ0n) is 20.0. The molecule has 1 saturated heterocycles. The molecule has 2 aromatic carbocycles. The van der Waals surface area contributed by atoms with Gasteiger partial charge in [0.05, 0.1) is 0 Å². The topological polar surface area (TPSA) is 73.5 Å². The summed E-state index contributed by atoms with van der Waals surface area (Å²) in [6.07, 6.45) is 5.31. The first-order chi connectivity index (χ1) is 16.1.